The van der Waals surface area contributed by atoms with E-state index >= 15 is 0 Å². The highest BCUT2D eigenvalue weighted by atomic mass is 16.1. The third-order valence-electron chi connectivity index (χ3n) is 2.34. The van der Waals surface area contributed by atoms with Crippen LogP contribution in [0.1, 0.15) is 31.9 Å². The Labute approximate surface area is 96.5 Å². The normalized spacial score (nSPS) is 12.1. The Balaban J connectivity index is 2.34. The molecule has 1 atom stereocenters. The molecule has 0 saturated carbocycles. The van der Waals surface area contributed by atoms with Crippen molar-refractivity contribution in [1.29, 1.82) is 0 Å². The highest BCUT2D eigenvalue weighted by molar-refractivity contribution is 5.76. The smallest absolute Gasteiger partial charge is 0.221 e. The summed E-state index contributed by atoms with van der Waals surface area (Å²) in [4.78, 5) is 15.6. The Morgan fingerprint density at radius 3 is 3.00 bits per heavy atom. The molecule has 1 rings (SSSR count). The second-order valence-electron chi connectivity index (χ2n) is 3.68. The fourth-order valence-electron chi connectivity index (χ4n) is 1.41. The standard InChI is InChI=1S/C12H19N3O/c1-3-13-8-6-12(16)15-10(2)11-5-4-7-14-9-11/h4-5,7,9-10,13H,3,6,8H2,1-2H3,(H,15,16)/t10-/m1/s1. The first-order valence-corrected chi connectivity index (χ1v) is 5.64. The number of nitrogens with zero attached hydrogens (tertiary/aromatic N) is 1. The van der Waals surface area contributed by atoms with E-state index in [1.54, 1.807) is 12.4 Å². The predicted molar refractivity (Wildman–Crippen MR) is 64.0 cm³/mol. The first-order chi connectivity index (χ1) is 7.74. The van der Waals surface area contributed by atoms with Crippen molar-refractivity contribution in [3.8, 4) is 0 Å². The molecule has 0 radical (unpaired) electrons. The quantitative estimate of drug-likeness (QED) is 0.711. The minimum Gasteiger partial charge on any atom is -0.349 e. The van der Waals surface area contributed by atoms with Gasteiger partial charge in [-0.05, 0) is 25.1 Å². The van der Waals surface area contributed by atoms with Gasteiger partial charge in [0, 0.05) is 25.4 Å². The zero-order valence-electron chi connectivity index (χ0n) is 9.86. The van der Waals surface area contributed by atoms with Crippen molar-refractivity contribution in [1.82, 2.24) is 15.6 Å². The van der Waals surface area contributed by atoms with Crippen LogP contribution >= 0.6 is 0 Å². The largest absolute Gasteiger partial charge is 0.349 e. The maximum Gasteiger partial charge on any atom is 0.221 e. The molecule has 1 aromatic heterocycles. The average Bonchev–Trinajstić information content (AvgIpc) is 2.30. The maximum absolute atomic E-state index is 11.5. The van der Waals surface area contributed by atoms with E-state index in [0.29, 0.717) is 6.42 Å². The SMILES string of the molecule is CCNCCC(=O)N[C@H](C)c1cccnc1. The van der Waals surface area contributed by atoms with Crippen LogP contribution in [0.15, 0.2) is 24.5 Å². The van der Waals surface area contributed by atoms with Gasteiger partial charge in [-0.3, -0.25) is 9.78 Å². The van der Waals surface area contributed by atoms with Crippen molar-refractivity contribution in [3.63, 3.8) is 0 Å². The Bertz CT molecular complexity index is 313. The predicted octanol–water partition coefficient (Wildman–Crippen LogP) is 1.26. The molecule has 4 nitrogen and oxygen atoms in total. The van der Waals surface area contributed by atoms with Crippen molar-refractivity contribution >= 4 is 5.91 Å². The number of carbonyl (C=O) groups excluding carboxylic acids is 1. The summed E-state index contributed by atoms with van der Waals surface area (Å²) in [6, 6.07) is 3.85. The minimum atomic E-state index is 0.0165. The van der Waals surface area contributed by atoms with Crippen LogP contribution in [0, 0.1) is 0 Å². The zero-order valence-corrected chi connectivity index (χ0v) is 9.86. The lowest BCUT2D eigenvalue weighted by atomic mass is 10.1. The minimum absolute atomic E-state index is 0.0165. The lowest BCUT2D eigenvalue weighted by Crippen LogP contribution is -2.29. The molecular weight excluding hydrogens is 202 g/mol. The lowest BCUT2D eigenvalue weighted by Gasteiger charge is -2.13. The number of aromatic nitrogens is 1. The van der Waals surface area contributed by atoms with Crippen LogP contribution in [-0.4, -0.2) is 24.0 Å². The van der Waals surface area contributed by atoms with Crippen molar-refractivity contribution in [2.45, 2.75) is 26.3 Å². The first-order valence-electron chi connectivity index (χ1n) is 5.64. The van der Waals surface area contributed by atoms with Gasteiger partial charge < -0.3 is 10.6 Å². The third kappa shape index (κ3) is 4.40. The van der Waals surface area contributed by atoms with Crippen LogP contribution in [-0.2, 0) is 4.79 Å². The molecule has 4 heteroatoms. The molecule has 88 valence electrons. The highest BCUT2D eigenvalue weighted by Gasteiger charge is 2.08. The van der Waals surface area contributed by atoms with Gasteiger partial charge in [0.1, 0.15) is 0 Å². The number of amides is 1. The summed E-state index contributed by atoms with van der Waals surface area (Å²) < 4.78 is 0. The van der Waals surface area contributed by atoms with Crippen LogP contribution in [0.3, 0.4) is 0 Å². The van der Waals surface area contributed by atoms with E-state index in [-0.39, 0.29) is 11.9 Å². The Morgan fingerprint density at radius 2 is 2.38 bits per heavy atom. The van der Waals surface area contributed by atoms with Gasteiger partial charge in [0.2, 0.25) is 5.91 Å². The molecule has 1 heterocycles. The van der Waals surface area contributed by atoms with Crippen LogP contribution in [0.4, 0.5) is 0 Å². The molecule has 16 heavy (non-hydrogen) atoms. The van der Waals surface area contributed by atoms with E-state index in [2.05, 4.69) is 15.6 Å². The molecule has 0 saturated heterocycles. The van der Waals surface area contributed by atoms with Gasteiger partial charge in [-0.2, -0.15) is 0 Å². The number of rotatable bonds is 6. The molecule has 0 aliphatic carbocycles. The van der Waals surface area contributed by atoms with Crippen molar-refractivity contribution in [2.75, 3.05) is 13.1 Å². The maximum atomic E-state index is 11.5. The summed E-state index contributed by atoms with van der Waals surface area (Å²) in [6.07, 6.45) is 4.01. The summed E-state index contributed by atoms with van der Waals surface area (Å²) in [5.74, 6) is 0.0669. The Morgan fingerprint density at radius 1 is 1.56 bits per heavy atom. The fourth-order valence-corrected chi connectivity index (χ4v) is 1.41. The highest BCUT2D eigenvalue weighted by Crippen LogP contribution is 2.09. The second kappa shape index (κ2) is 6.95. The molecule has 0 spiro atoms. The van der Waals surface area contributed by atoms with Gasteiger partial charge in [0.15, 0.2) is 0 Å². The molecule has 2 N–H and O–H groups in total. The van der Waals surface area contributed by atoms with Crippen LogP contribution in [0.5, 0.6) is 0 Å². The number of hydrogen-bond donors (Lipinski definition) is 2. The van der Waals surface area contributed by atoms with Gasteiger partial charge in [-0.15, -0.1) is 0 Å². The molecule has 0 aromatic carbocycles. The summed E-state index contributed by atoms with van der Waals surface area (Å²) in [5.41, 5.74) is 1.03. The third-order valence-corrected chi connectivity index (χ3v) is 2.34. The summed E-state index contributed by atoms with van der Waals surface area (Å²) in [5, 5.41) is 6.06. The number of carbonyl (C=O) groups is 1. The van der Waals surface area contributed by atoms with E-state index in [1.165, 1.54) is 0 Å². The van der Waals surface area contributed by atoms with Crippen molar-refractivity contribution in [2.24, 2.45) is 0 Å². The van der Waals surface area contributed by atoms with Crippen molar-refractivity contribution < 1.29 is 4.79 Å². The van der Waals surface area contributed by atoms with E-state index in [4.69, 9.17) is 0 Å². The van der Waals surface area contributed by atoms with E-state index in [9.17, 15) is 4.79 Å². The van der Waals surface area contributed by atoms with Crippen molar-refractivity contribution in [3.05, 3.63) is 30.1 Å². The number of pyridine rings is 1. The van der Waals surface area contributed by atoms with Gasteiger partial charge in [-0.1, -0.05) is 13.0 Å². The van der Waals surface area contributed by atoms with Gasteiger partial charge in [-0.25, -0.2) is 0 Å². The second-order valence-corrected chi connectivity index (χ2v) is 3.68. The molecule has 0 aliphatic rings. The summed E-state index contributed by atoms with van der Waals surface area (Å²) >= 11 is 0. The van der Waals surface area contributed by atoms with E-state index in [1.807, 2.05) is 26.0 Å². The summed E-state index contributed by atoms with van der Waals surface area (Å²) in [6.45, 7) is 5.60. The number of nitrogens with one attached hydrogen (secondary N) is 2. The zero-order chi connectivity index (χ0) is 11.8. The molecule has 0 fully saturated rings. The molecular formula is C12H19N3O. The number of hydrogen-bond acceptors (Lipinski definition) is 3. The van der Waals surface area contributed by atoms with Crippen LogP contribution < -0.4 is 10.6 Å². The fraction of sp³-hybridized carbons (Fsp3) is 0.500. The Hall–Kier alpha value is -1.42. The monoisotopic (exact) mass is 221 g/mol. The molecule has 0 unspecified atom stereocenters. The van der Waals surface area contributed by atoms with Gasteiger partial charge in [0.25, 0.3) is 0 Å². The topological polar surface area (TPSA) is 54.0 Å². The molecule has 1 aromatic rings. The lowest BCUT2D eigenvalue weighted by molar-refractivity contribution is -0.121. The first kappa shape index (κ1) is 12.6. The van der Waals surface area contributed by atoms with E-state index < -0.39 is 0 Å². The molecule has 1 amide bonds. The average molecular weight is 221 g/mol. The van der Waals surface area contributed by atoms with Gasteiger partial charge in [0.05, 0.1) is 6.04 Å². The molecule has 0 aliphatic heterocycles. The van der Waals surface area contributed by atoms with E-state index in [0.717, 1.165) is 18.7 Å². The van der Waals surface area contributed by atoms with Crippen LogP contribution in [0.25, 0.3) is 0 Å². The Kier molecular flexibility index (Phi) is 5.50. The van der Waals surface area contributed by atoms with Gasteiger partial charge >= 0.3 is 0 Å². The molecule has 0 bridgehead atoms. The van der Waals surface area contributed by atoms with Crippen LogP contribution in [0.2, 0.25) is 0 Å². The summed E-state index contributed by atoms with van der Waals surface area (Å²) in [7, 11) is 0.